The van der Waals surface area contributed by atoms with Crippen LogP contribution in [-0.4, -0.2) is 35.6 Å². The van der Waals surface area contributed by atoms with Crippen LogP contribution in [0.25, 0.3) is 0 Å². The third-order valence-electron chi connectivity index (χ3n) is 5.05. The SMILES string of the molecule is O=C(NCC(O)c1ccco1)C1CCN(c2ccc(C(F)(F)F)cc2[N+](=O)[O-])CC1. The number of aliphatic hydroxyl groups excluding tert-OH is 1. The molecule has 0 spiro atoms. The number of aliphatic hydroxyl groups is 1. The maximum absolute atomic E-state index is 12.9. The van der Waals surface area contributed by atoms with Crippen molar-refractivity contribution in [1.29, 1.82) is 0 Å². The molecule has 8 nitrogen and oxygen atoms in total. The fourth-order valence-corrected chi connectivity index (χ4v) is 3.42. The number of piperidine rings is 1. The molecular weight excluding hydrogens is 407 g/mol. The van der Waals surface area contributed by atoms with Gasteiger partial charge in [0.1, 0.15) is 17.6 Å². The van der Waals surface area contributed by atoms with Gasteiger partial charge in [-0.15, -0.1) is 0 Å². The van der Waals surface area contributed by atoms with Crippen LogP contribution >= 0.6 is 0 Å². The Hall–Kier alpha value is -3.08. The molecule has 2 aromatic rings. The lowest BCUT2D eigenvalue weighted by molar-refractivity contribution is -0.384. The van der Waals surface area contributed by atoms with Crippen LogP contribution in [0.2, 0.25) is 0 Å². The zero-order chi connectivity index (χ0) is 21.9. The Balaban J connectivity index is 1.60. The zero-order valence-corrected chi connectivity index (χ0v) is 15.8. The van der Waals surface area contributed by atoms with E-state index >= 15 is 0 Å². The number of hydrogen-bond acceptors (Lipinski definition) is 6. The average molecular weight is 427 g/mol. The summed E-state index contributed by atoms with van der Waals surface area (Å²) in [6.07, 6.45) is -3.48. The van der Waals surface area contributed by atoms with Gasteiger partial charge in [-0.05, 0) is 37.1 Å². The number of carbonyl (C=O) groups is 1. The summed E-state index contributed by atoms with van der Waals surface area (Å²) in [5.74, 6) is -0.291. The largest absolute Gasteiger partial charge is 0.467 e. The number of nitrogens with one attached hydrogen (secondary N) is 1. The van der Waals surface area contributed by atoms with Gasteiger partial charge in [0, 0.05) is 25.1 Å². The molecule has 0 bridgehead atoms. The molecular formula is C19H20F3N3O5. The molecule has 1 fully saturated rings. The third kappa shape index (κ3) is 4.90. The summed E-state index contributed by atoms with van der Waals surface area (Å²) in [5, 5.41) is 23.9. The highest BCUT2D eigenvalue weighted by atomic mass is 19.4. The molecule has 1 aromatic heterocycles. The Morgan fingerprint density at radius 2 is 2.03 bits per heavy atom. The van der Waals surface area contributed by atoms with Crippen molar-refractivity contribution in [2.24, 2.45) is 5.92 Å². The summed E-state index contributed by atoms with van der Waals surface area (Å²) in [6.45, 7) is 0.549. The number of nitro groups is 1. The molecule has 1 aliphatic heterocycles. The van der Waals surface area contributed by atoms with Gasteiger partial charge in [0.25, 0.3) is 5.69 Å². The maximum atomic E-state index is 12.9. The molecule has 0 saturated carbocycles. The molecule has 1 aromatic carbocycles. The molecule has 0 radical (unpaired) electrons. The van der Waals surface area contributed by atoms with Crippen LogP contribution in [0.4, 0.5) is 24.5 Å². The van der Waals surface area contributed by atoms with E-state index in [1.54, 1.807) is 17.0 Å². The Bertz CT molecular complexity index is 893. The van der Waals surface area contributed by atoms with Gasteiger partial charge in [0.05, 0.1) is 23.3 Å². The highest BCUT2D eigenvalue weighted by Crippen LogP contribution is 2.37. The maximum Gasteiger partial charge on any atom is 0.416 e. The molecule has 162 valence electrons. The van der Waals surface area contributed by atoms with Crippen LogP contribution in [0.15, 0.2) is 41.0 Å². The van der Waals surface area contributed by atoms with Crippen LogP contribution in [0.5, 0.6) is 0 Å². The Morgan fingerprint density at radius 1 is 1.33 bits per heavy atom. The highest BCUT2D eigenvalue weighted by Gasteiger charge is 2.35. The van der Waals surface area contributed by atoms with Crippen LogP contribution in [0.3, 0.4) is 0 Å². The summed E-state index contributed by atoms with van der Waals surface area (Å²) in [5.41, 5.74) is -1.60. The van der Waals surface area contributed by atoms with Crippen LogP contribution in [0.1, 0.15) is 30.3 Å². The van der Waals surface area contributed by atoms with E-state index in [4.69, 9.17) is 4.42 Å². The second kappa shape index (κ2) is 8.74. The third-order valence-corrected chi connectivity index (χ3v) is 5.05. The lowest BCUT2D eigenvalue weighted by Gasteiger charge is -2.32. The molecule has 1 aliphatic rings. The van der Waals surface area contributed by atoms with Crippen LogP contribution in [-0.2, 0) is 11.0 Å². The first-order valence-corrected chi connectivity index (χ1v) is 9.26. The van der Waals surface area contributed by atoms with E-state index < -0.39 is 28.5 Å². The average Bonchev–Trinajstić information content (AvgIpc) is 3.25. The first kappa shape index (κ1) is 21.6. The number of benzene rings is 1. The first-order chi connectivity index (χ1) is 14.2. The topological polar surface area (TPSA) is 109 Å². The summed E-state index contributed by atoms with van der Waals surface area (Å²) >= 11 is 0. The first-order valence-electron chi connectivity index (χ1n) is 9.26. The minimum Gasteiger partial charge on any atom is -0.467 e. The number of carbonyl (C=O) groups excluding carboxylic acids is 1. The van der Waals surface area contributed by atoms with Crippen LogP contribution in [0, 0.1) is 16.0 Å². The second-order valence-electron chi connectivity index (χ2n) is 7.00. The number of nitro benzene ring substituents is 1. The molecule has 1 saturated heterocycles. The molecule has 0 aliphatic carbocycles. The minimum atomic E-state index is -4.67. The number of rotatable bonds is 6. The fourth-order valence-electron chi connectivity index (χ4n) is 3.42. The summed E-state index contributed by atoms with van der Waals surface area (Å²) in [7, 11) is 0. The Labute approximate surface area is 169 Å². The number of alkyl halides is 3. The summed E-state index contributed by atoms with van der Waals surface area (Å²) < 4.78 is 43.6. The normalized spacial score (nSPS) is 16.3. The quantitative estimate of drug-likeness (QED) is 0.541. The highest BCUT2D eigenvalue weighted by molar-refractivity contribution is 5.79. The number of nitrogens with zero attached hydrogens (tertiary/aromatic N) is 2. The van der Waals surface area contributed by atoms with Crippen LogP contribution < -0.4 is 10.2 Å². The van der Waals surface area contributed by atoms with Gasteiger partial charge in [0.2, 0.25) is 5.91 Å². The van der Waals surface area contributed by atoms with Crippen molar-refractivity contribution in [2.75, 3.05) is 24.5 Å². The van der Waals surface area contributed by atoms with E-state index in [0.717, 1.165) is 12.1 Å². The standard InChI is InChI=1S/C19H20F3N3O5/c20-19(21,22)13-3-4-14(15(10-13)25(28)29)24-7-5-12(6-8-24)18(27)23-11-16(26)17-2-1-9-30-17/h1-4,9-10,12,16,26H,5-8,11H2,(H,23,27). The van der Waals surface area contributed by atoms with E-state index in [1.807, 2.05) is 0 Å². The van der Waals surface area contributed by atoms with Gasteiger partial charge in [-0.25, -0.2) is 0 Å². The summed E-state index contributed by atoms with van der Waals surface area (Å²) in [4.78, 5) is 24.4. The smallest absolute Gasteiger partial charge is 0.416 e. The van der Waals surface area contributed by atoms with Gasteiger partial charge < -0.3 is 19.7 Å². The van der Waals surface area contributed by atoms with Crippen molar-refractivity contribution in [3.05, 3.63) is 58.0 Å². The molecule has 2 heterocycles. The van der Waals surface area contributed by atoms with Crippen molar-refractivity contribution >= 4 is 17.3 Å². The van der Waals surface area contributed by atoms with Crippen molar-refractivity contribution < 1.29 is 32.4 Å². The van der Waals surface area contributed by atoms with E-state index in [1.165, 1.54) is 6.26 Å². The predicted octanol–water partition coefficient (Wildman–Crippen LogP) is 3.27. The monoisotopic (exact) mass is 427 g/mol. The number of anilines is 1. The Kier molecular flexibility index (Phi) is 6.30. The lowest BCUT2D eigenvalue weighted by Crippen LogP contribution is -2.41. The van der Waals surface area contributed by atoms with E-state index in [9.17, 15) is 33.2 Å². The minimum absolute atomic E-state index is 0.0169. The molecule has 1 unspecified atom stereocenters. The van der Waals surface area contributed by atoms with Gasteiger partial charge >= 0.3 is 6.18 Å². The van der Waals surface area contributed by atoms with Gasteiger partial charge in [0.15, 0.2) is 0 Å². The fraction of sp³-hybridized carbons (Fsp3) is 0.421. The number of hydrogen-bond donors (Lipinski definition) is 2. The number of amides is 1. The van der Waals surface area contributed by atoms with Crippen molar-refractivity contribution in [3.8, 4) is 0 Å². The summed E-state index contributed by atoms with van der Waals surface area (Å²) in [6, 6.07) is 5.66. The van der Waals surface area contributed by atoms with E-state index in [0.29, 0.717) is 24.7 Å². The van der Waals surface area contributed by atoms with Gasteiger partial charge in [-0.3, -0.25) is 14.9 Å². The van der Waals surface area contributed by atoms with Crippen molar-refractivity contribution in [3.63, 3.8) is 0 Å². The Morgan fingerprint density at radius 3 is 2.60 bits per heavy atom. The van der Waals surface area contributed by atoms with Crippen molar-refractivity contribution in [2.45, 2.75) is 25.1 Å². The zero-order valence-electron chi connectivity index (χ0n) is 15.8. The van der Waals surface area contributed by atoms with Crippen molar-refractivity contribution in [1.82, 2.24) is 5.32 Å². The molecule has 2 N–H and O–H groups in total. The van der Waals surface area contributed by atoms with E-state index in [2.05, 4.69) is 5.32 Å². The van der Waals surface area contributed by atoms with Gasteiger partial charge in [-0.2, -0.15) is 13.2 Å². The second-order valence-corrected chi connectivity index (χ2v) is 7.00. The lowest BCUT2D eigenvalue weighted by atomic mass is 9.95. The number of halogens is 3. The number of furan rings is 1. The molecule has 1 atom stereocenters. The van der Waals surface area contributed by atoms with E-state index in [-0.39, 0.29) is 37.1 Å². The molecule has 3 rings (SSSR count). The molecule has 11 heteroatoms. The predicted molar refractivity (Wildman–Crippen MR) is 99.7 cm³/mol. The molecule has 1 amide bonds. The molecule has 30 heavy (non-hydrogen) atoms. The van der Waals surface area contributed by atoms with Gasteiger partial charge in [-0.1, -0.05) is 0 Å².